The molecule has 0 N–H and O–H groups in total. The van der Waals surface area contributed by atoms with Crippen LogP contribution in [-0.4, -0.2) is 17.3 Å². The first-order chi connectivity index (χ1) is 11.7. The van der Waals surface area contributed by atoms with Crippen LogP contribution in [0.1, 0.15) is 36.6 Å². The van der Waals surface area contributed by atoms with Crippen LogP contribution in [0.2, 0.25) is 0 Å². The monoisotopic (exact) mass is 312 g/mol. The van der Waals surface area contributed by atoms with E-state index in [2.05, 4.69) is 0 Å². The van der Waals surface area contributed by atoms with Gasteiger partial charge in [-0.15, -0.1) is 0 Å². The molecule has 1 aliphatic rings. The molecule has 0 spiro atoms. The first-order valence-electron chi connectivity index (χ1n) is 7.59. The van der Waals surface area contributed by atoms with Gasteiger partial charge in [-0.2, -0.15) is 0 Å². The van der Waals surface area contributed by atoms with Crippen LogP contribution in [0, 0.1) is 0 Å². The van der Waals surface area contributed by atoms with Gasteiger partial charge < -0.3 is 0 Å². The van der Waals surface area contributed by atoms with Crippen LogP contribution in [0.25, 0.3) is 10.8 Å². The summed E-state index contributed by atoms with van der Waals surface area (Å²) in [6, 6.07) is 17.8. The second kappa shape index (κ2) is 5.39. The molecule has 0 saturated carbocycles. The Hall–Kier alpha value is -3.33. The normalized spacial score (nSPS) is 13.2. The van der Waals surface area contributed by atoms with Crippen molar-refractivity contribution in [1.82, 2.24) is 0 Å². The molecule has 0 heterocycles. The number of allylic oxidation sites excluding steroid dienone is 2. The number of rotatable bonds is 2. The van der Waals surface area contributed by atoms with Crippen LogP contribution in [-0.2, 0) is 0 Å². The van der Waals surface area contributed by atoms with E-state index in [-0.39, 0.29) is 22.9 Å². The van der Waals surface area contributed by atoms with Crippen molar-refractivity contribution in [2.75, 3.05) is 0 Å². The zero-order chi connectivity index (χ0) is 16.7. The van der Waals surface area contributed by atoms with Gasteiger partial charge in [0, 0.05) is 22.3 Å². The van der Waals surface area contributed by atoms with Gasteiger partial charge in [0.05, 0.1) is 0 Å². The summed E-state index contributed by atoms with van der Waals surface area (Å²) in [4.78, 5) is 37.8. The second-order valence-electron chi connectivity index (χ2n) is 5.65. The van der Waals surface area contributed by atoms with Crippen LogP contribution in [0.15, 0.2) is 72.8 Å². The van der Waals surface area contributed by atoms with E-state index in [1.165, 1.54) is 12.2 Å². The Balaban J connectivity index is 2.11. The Morgan fingerprint density at radius 2 is 1.42 bits per heavy atom. The highest BCUT2D eigenvalue weighted by atomic mass is 16.1. The zero-order valence-corrected chi connectivity index (χ0v) is 12.7. The van der Waals surface area contributed by atoms with E-state index in [1.54, 1.807) is 30.3 Å². The fourth-order valence-electron chi connectivity index (χ4n) is 3.09. The van der Waals surface area contributed by atoms with E-state index >= 15 is 0 Å². The van der Waals surface area contributed by atoms with Crippen LogP contribution < -0.4 is 0 Å². The minimum absolute atomic E-state index is 0.204. The van der Waals surface area contributed by atoms with Gasteiger partial charge in [-0.1, -0.05) is 54.6 Å². The van der Waals surface area contributed by atoms with Gasteiger partial charge in [0.1, 0.15) is 0 Å². The van der Waals surface area contributed by atoms with Crippen LogP contribution in [0.4, 0.5) is 0 Å². The Bertz CT molecular complexity index is 1040. The number of carbonyl (C=O) groups excluding carboxylic acids is 3. The number of hydrogen-bond acceptors (Lipinski definition) is 3. The quantitative estimate of drug-likeness (QED) is 0.672. The molecule has 0 bridgehead atoms. The highest BCUT2D eigenvalue weighted by Gasteiger charge is 2.28. The predicted molar refractivity (Wildman–Crippen MR) is 91.6 cm³/mol. The van der Waals surface area contributed by atoms with Crippen molar-refractivity contribution in [2.24, 2.45) is 0 Å². The van der Waals surface area contributed by atoms with Gasteiger partial charge in [-0.3, -0.25) is 14.4 Å². The Labute approximate surface area is 138 Å². The molecule has 114 valence electrons. The van der Waals surface area contributed by atoms with E-state index in [1.807, 2.05) is 30.3 Å². The third kappa shape index (κ3) is 2.10. The van der Waals surface area contributed by atoms with Crippen molar-refractivity contribution >= 4 is 28.1 Å². The molecule has 0 aliphatic heterocycles. The van der Waals surface area contributed by atoms with Crippen molar-refractivity contribution in [3.63, 3.8) is 0 Å². The van der Waals surface area contributed by atoms with Crippen molar-refractivity contribution < 1.29 is 14.4 Å². The average molecular weight is 312 g/mol. The lowest BCUT2D eigenvalue weighted by molar-refractivity contribution is 0.0985. The van der Waals surface area contributed by atoms with Crippen LogP contribution in [0.3, 0.4) is 0 Å². The van der Waals surface area contributed by atoms with Crippen LogP contribution >= 0.6 is 0 Å². The topological polar surface area (TPSA) is 51.2 Å². The van der Waals surface area contributed by atoms with Gasteiger partial charge in [-0.05, 0) is 29.0 Å². The van der Waals surface area contributed by atoms with Gasteiger partial charge >= 0.3 is 0 Å². The van der Waals surface area contributed by atoms with Gasteiger partial charge in [-0.25, -0.2) is 0 Å². The molecule has 0 amide bonds. The third-order valence-electron chi connectivity index (χ3n) is 4.21. The van der Waals surface area contributed by atoms with Gasteiger partial charge in [0.15, 0.2) is 17.3 Å². The summed E-state index contributed by atoms with van der Waals surface area (Å²) >= 11 is 0. The number of carbonyl (C=O) groups is 3. The summed E-state index contributed by atoms with van der Waals surface area (Å²) in [5.74, 6) is -0.813. The lowest BCUT2D eigenvalue weighted by Gasteiger charge is -2.16. The summed E-state index contributed by atoms with van der Waals surface area (Å²) in [6.07, 6.45) is 2.50. The molecule has 3 aromatic rings. The predicted octanol–water partition coefficient (Wildman–Crippen LogP) is 4.01. The summed E-state index contributed by atoms with van der Waals surface area (Å²) < 4.78 is 0. The van der Waals surface area contributed by atoms with Crippen molar-refractivity contribution in [3.8, 4) is 0 Å². The van der Waals surface area contributed by atoms with Crippen molar-refractivity contribution in [3.05, 3.63) is 95.1 Å². The molecule has 3 aromatic carbocycles. The maximum atomic E-state index is 13.1. The number of benzene rings is 3. The van der Waals surface area contributed by atoms with E-state index < -0.39 is 0 Å². The minimum Gasteiger partial charge on any atom is -0.289 e. The Morgan fingerprint density at radius 1 is 0.750 bits per heavy atom. The van der Waals surface area contributed by atoms with Gasteiger partial charge in [0.2, 0.25) is 0 Å². The molecule has 0 fully saturated rings. The minimum atomic E-state index is -0.311. The summed E-state index contributed by atoms with van der Waals surface area (Å²) in [6.45, 7) is 0. The fraction of sp³-hybridized carbons (Fsp3) is 0. The third-order valence-corrected chi connectivity index (χ3v) is 4.21. The van der Waals surface area contributed by atoms with E-state index in [0.717, 1.165) is 5.39 Å². The Morgan fingerprint density at radius 3 is 2.21 bits per heavy atom. The molecule has 0 atom stereocenters. The fourth-order valence-corrected chi connectivity index (χ4v) is 3.09. The lowest BCUT2D eigenvalue weighted by Crippen LogP contribution is -2.18. The molecule has 3 heteroatoms. The largest absolute Gasteiger partial charge is 0.289 e. The highest BCUT2D eigenvalue weighted by molar-refractivity contribution is 6.30. The van der Waals surface area contributed by atoms with E-state index in [9.17, 15) is 14.4 Å². The molecule has 1 aliphatic carbocycles. The maximum absolute atomic E-state index is 13.1. The SMILES string of the molecule is O=C1C=CC(=O)c2c1cc1ccccc1c2C(=O)c1ccccc1. The molecule has 3 nitrogen and oxygen atoms in total. The molecular formula is C21H12O3. The number of fused-ring (bicyclic) bond motifs is 2. The smallest absolute Gasteiger partial charge is 0.194 e. The molecule has 0 unspecified atom stereocenters. The first-order valence-corrected chi connectivity index (χ1v) is 7.59. The molecule has 4 rings (SSSR count). The van der Waals surface area contributed by atoms with E-state index in [0.29, 0.717) is 22.1 Å². The maximum Gasteiger partial charge on any atom is 0.194 e. The van der Waals surface area contributed by atoms with Crippen molar-refractivity contribution in [2.45, 2.75) is 0 Å². The standard InChI is InChI=1S/C21H12O3/c22-17-10-11-18(23)19-16(17)12-14-8-4-5-9-15(14)20(19)21(24)13-6-2-1-3-7-13/h1-12H. The lowest BCUT2D eigenvalue weighted by atomic mass is 9.84. The molecule has 0 radical (unpaired) electrons. The van der Waals surface area contributed by atoms with Crippen LogP contribution in [0.5, 0.6) is 0 Å². The van der Waals surface area contributed by atoms with E-state index in [4.69, 9.17) is 0 Å². The number of ketones is 3. The molecule has 0 aromatic heterocycles. The molecule has 24 heavy (non-hydrogen) atoms. The molecule has 0 saturated heterocycles. The summed E-state index contributed by atoms with van der Waals surface area (Å²) in [7, 11) is 0. The average Bonchev–Trinajstić information content (AvgIpc) is 2.63. The molecular weight excluding hydrogens is 300 g/mol. The number of hydrogen-bond donors (Lipinski definition) is 0. The first kappa shape index (κ1) is 14.3. The second-order valence-corrected chi connectivity index (χ2v) is 5.65. The highest BCUT2D eigenvalue weighted by Crippen LogP contribution is 2.31. The summed E-state index contributed by atoms with van der Waals surface area (Å²) in [5, 5.41) is 1.45. The zero-order valence-electron chi connectivity index (χ0n) is 12.7. The van der Waals surface area contributed by atoms with Crippen molar-refractivity contribution in [1.29, 1.82) is 0 Å². The Kier molecular flexibility index (Phi) is 3.21. The summed E-state index contributed by atoms with van der Waals surface area (Å²) in [5.41, 5.74) is 1.29. The van der Waals surface area contributed by atoms with Gasteiger partial charge in [0.25, 0.3) is 0 Å².